The number of hydrogen-bond donors (Lipinski definition) is 0. The standard InChI is InChI=1S/C18H15N3O3S/c1-2-23-17(22)16-13(12-7-3-4-8-14(12)24-16)11-25-18-20-19-15-9-5-6-10-21(15)18/h3-10H,2,11H2,1H3. The van der Waals surface area contributed by atoms with Gasteiger partial charge in [0.15, 0.2) is 10.8 Å². The number of pyridine rings is 1. The maximum absolute atomic E-state index is 12.3. The predicted molar refractivity (Wildman–Crippen MR) is 94.7 cm³/mol. The van der Waals surface area contributed by atoms with Gasteiger partial charge in [-0.05, 0) is 25.1 Å². The number of carbonyl (C=O) groups is 1. The highest BCUT2D eigenvalue weighted by Gasteiger charge is 2.22. The highest BCUT2D eigenvalue weighted by atomic mass is 32.2. The Morgan fingerprint density at radius 3 is 2.92 bits per heavy atom. The second-order valence-corrected chi connectivity index (χ2v) is 6.27. The van der Waals surface area contributed by atoms with Gasteiger partial charge in [0.1, 0.15) is 5.58 Å². The zero-order chi connectivity index (χ0) is 17.2. The smallest absolute Gasteiger partial charge is 0.374 e. The van der Waals surface area contributed by atoms with Crippen LogP contribution in [0.2, 0.25) is 0 Å². The third kappa shape index (κ3) is 2.87. The monoisotopic (exact) mass is 353 g/mol. The molecule has 7 heteroatoms. The van der Waals surface area contributed by atoms with Crippen molar-refractivity contribution >= 4 is 34.3 Å². The van der Waals surface area contributed by atoms with Crippen molar-refractivity contribution < 1.29 is 13.9 Å². The molecule has 0 aliphatic carbocycles. The summed E-state index contributed by atoms with van der Waals surface area (Å²) in [4.78, 5) is 12.3. The first-order valence-electron chi connectivity index (χ1n) is 7.88. The first-order chi connectivity index (χ1) is 12.3. The largest absolute Gasteiger partial charge is 0.460 e. The first kappa shape index (κ1) is 15.7. The molecular weight excluding hydrogens is 338 g/mol. The summed E-state index contributed by atoms with van der Waals surface area (Å²) in [5.41, 5.74) is 2.27. The summed E-state index contributed by atoms with van der Waals surface area (Å²) in [5.74, 6) is 0.339. The Bertz CT molecular complexity index is 1050. The van der Waals surface area contributed by atoms with E-state index >= 15 is 0 Å². The number of para-hydroxylation sites is 1. The van der Waals surface area contributed by atoms with Crippen molar-refractivity contribution in [2.24, 2.45) is 0 Å². The summed E-state index contributed by atoms with van der Waals surface area (Å²) in [5, 5.41) is 10.0. The Morgan fingerprint density at radius 1 is 1.20 bits per heavy atom. The Labute approximate surface area is 147 Å². The number of nitrogens with zero attached hydrogens (tertiary/aromatic N) is 3. The van der Waals surface area contributed by atoms with Gasteiger partial charge in [-0.25, -0.2) is 4.79 Å². The van der Waals surface area contributed by atoms with Crippen molar-refractivity contribution in [2.75, 3.05) is 6.61 Å². The van der Waals surface area contributed by atoms with E-state index in [2.05, 4.69) is 10.2 Å². The lowest BCUT2D eigenvalue weighted by Gasteiger charge is -2.03. The quantitative estimate of drug-likeness (QED) is 0.400. The number of ether oxygens (including phenoxy) is 1. The van der Waals surface area contributed by atoms with Crippen molar-refractivity contribution in [1.29, 1.82) is 0 Å². The number of benzene rings is 1. The highest BCUT2D eigenvalue weighted by molar-refractivity contribution is 7.98. The lowest BCUT2D eigenvalue weighted by Crippen LogP contribution is -2.05. The molecule has 0 fully saturated rings. The molecule has 0 saturated carbocycles. The number of esters is 1. The third-order valence-corrected chi connectivity index (χ3v) is 4.76. The molecule has 0 aliphatic heterocycles. The lowest BCUT2D eigenvalue weighted by atomic mass is 10.1. The maximum atomic E-state index is 12.3. The highest BCUT2D eigenvalue weighted by Crippen LogP contribution is 2.32. The van der Waals surface area contributed by atoms with Crippen LogP contribution >= 0.6 is 11.8 Å². The summed E-state index contributed by atoms with van der Waals surface area (Å²) in [6, 6.07) is 13.3. The van der Waals surface area contributed by atoms with E-state index < -0.39 is 5.97 Å². The molecule has 0 radical (unpaired) electrons. The maximum Gasteiger partial charge on any atom is 0.374 e. The molecule has 25 heavy (non-hydrogen) atoms. The molecule has 3 aromatic heterocycles. The second kappa shape index (κ2) is 6.60. The van der Waals surface area contributed by atoms with E-state index in [9.17, 15) is 4.79 Å². The van der Waals surface area contributed by atoms with Crippen molar-refractivity contribution in [3.05, 3.63) is 60.0 Å². The van der Waals surface area contributed by atoms with Crippen LogP contribution in [0.15, 0.2) is 58.2 Å². The molecule has 126 valence electrons. The third-order valence-electron chi connectivity index (χ3n) is 3.79. The fraction of sp³-hybridized carbons (Fsp3) is 0.167. The van der Waals surface area contributed by atoms with Crippen LogP contribution in [0.25, 0.3) is 16.6 Å². The predicted octanol–water partition coefficient (Wildman–Crippen LogP) is 3.94. The summed E-state index contributed by atoms with van der Waals surface area (Å²) in [6.45, 7) is 2.08. The molecule has 0 spiro atoms. The molecule has 0 N–H and O–H groups in total. The topological polar surface area (TPSA) is 69.6 Å². The minimum atomic E-state index is -0.444. The van der Waals surface area contributed by atoms with Gasteiger partial charge in [0.05, 0.1) is 6.61 Å². The van der Waals surface area contributed by atoms with Gasteiger partial charge in [-0.3, -0.25) is 4.40 Å². The average Bonchev–Trinajstić information content (AvgIpc) is 3.21. The number of rotatable bonds is 5. The van der Waals surface area contributed by atoms with Crippen LogP contribution in [-0.2, 0) is 10.5 Å². The molecule has 0 saturated heterocycles. The van der Waals surface area contributed by atoms with Crippen LogP contribution in [0.5, 0.6) is 0 Å². The number of furan rings is 1. The molecule has 1 aromatic carbocycles. The van der Waals surface area contributed by atoms with Gasteiger partial charge in [-0.15, -0.1) is 10.2 Å². The van der Waals surface area contributed by atoms with Crippen molar-refractivity contribution in [3.8, 4) is 0 Å². The zero-order valence-corrected chi connectivity index (χ0v) is 14.3. The van der Waals surface area contributed by atoms with E-state index in [0.717, 1.165) is 21.8 Å². The van der Waals surface area contributed by atoms with Crippen molar-refractivity contribution in [2.45, 2.75) is 17.8 Å². The van der Waals surface area contributed by atoms with Crippen molar-refractivity contribution in [3.63, 3.8) is 0 Å². The zero-order valence-electron chi connectivity index (χ0n) is 13.5. The van der Waals surface area contributed by atoms with Crippen LogP contribution in [0, 0.1) is 0 Å². The van der Waals surface area contributed by atoms with Gasteiger partial charge >= 0.3 is 5.97 Å². The number of thioether (sulfide) groups is 1. The number of hydrogen-bond acceptors (Lipinski definition) is 6. The molecule has 4 aromatic rings. The van der Waals surface area contributed by atoms with Crippen LogP contribution < -0.4 is 0 Å². The fourth-order valence-electron chi connectivity index (χ4n) is 2.66. The van der Waals surface area contributed by atoms with Gasteiger partial charge in [-0.1, -0.05) is 36.0 Å². The lowest BCUT2D eigenvalue weighted by molar-refractivity contribution is 0.0491. The normalized spacial score (nSPS) is 11.2. The van der Waals surface area contributed by atoms with E-state index in [1.165, 1.54) is 11.8 Å². The summed E-state index contributed by atoms with van der Waals surface area (Å²) in [7, 11) is 0. The second-order valence-electron chi connectivity index (χ2n) is 5.33. The molecule has 0 aliphatic rings. The van der Waals surface area contributed by atoms with Gasteiger partial charge in [-0.2, -0.15) is 0 Å². The molecule has 4 rings (SSSR count). The molecule has 0 unspecified atom stereocenters. The molecule has 0 atom stereocenters. The summed E-state index contributed by atoms with van der Waals surface area (Å²) in [6.07, 6.45) is 1.91. The van der Waals surface area contributed by atoms with E-state index in [0.29, 0.717) is 17.9 Å². The SMILES string of the molecule is CCOC(=O)c1oc2ccccc2c1CSc1nnc2ccccn12. The Balaban J connectivity index is 1.70. The minimum absolute atomic E-state index is 0.254. The molecular formula is C18H15N3O3S. The van der Waals surface area contributed by atoms with Gasteiger partial charge < -0.3 is 9.15 Å². The van der Waals surface area contributed by atoms with E-state index in [1.807, 2.05) is 53.1 Å². The Kier molecular flexibility index (Phi) is 4.15. The Hall–Kier alpha value is -2.80. The summed E-state index contributed by atoms with van der Waals surface area (Å²) < 4.78 is 12.8. The number of fused-ring (bicyclic) bond motifs is 2. The van der Waals surface area contributed by atoms with Gasteiger partial charge in [0.25, 0.3) is 0 Å². The minimum Gasteiger partial charge on any atom is -0.460 e. The van der Waals surface area contributed by atoms with E-state index in [4.69, 9.17) is 9.15 Å². The molecule has 0 bridgehead atoms. The Morgan fingerprint density at radius 2 is 2.04 bits per heavy atom. The molecule has 0 amide bonds. The summed E-state index contributed by atoms with van der Waals surface area (Å²) >= 11 is 1.50. The molecule has 6 nitrogen and oxygen atoms in total. The van der Waals surface area contributed by atoms with Crippen LogP contribution in [-0.4, -0.2) is 27.2 Å². The number of aromatic nitrogens is 3. The van der Waals surface area contributed by atoms with Gasteiger partial charge in [0, 0.05) is 22.9 Å². The van der Waals surface area contributed by atoms with E-state index in [1.54, 1.807) is 6.92 Å². The van der Waals surface area contributed by atoms with Gasteiger partial charge in [0.2, 0.25) is 5.76 Å². The van der Waals surface area contributed by atoms with Crippen LogP contribution in [0.1, 0.15) is 23.0 Å². The fourth-order valence-corrected chi connectivity index (χ4v) is 3.61. The van der Waals surface area contributed by atoms with Crippen molar-refractivity contribution in [1.82, 2.24) is 14.6 Å². The molecule has 3 heterocycles. The number of carbonyl (C=O) groups excluding carboxylic acids is 1. The first-order valence-corrected chi connectivity index (χ1v) is 8.86. The average molecular weight is 353 g/mol. The van der Waals surface area contributed by atoms with Crippen LogP contribution in [0.3, 0.4) is 0 Å². The van der Waals surface area contributed by atoms with Crippen LogP contribution in [0.4, 0.5) is 0 Å². The van der Waals surface area contributed by atoms with E-state index in [-0.39, 0.29) is 5.76 Å².